The number of ether oxygens (including phenoxy) is 3. The van der Waals surface area contributed by atoms with E-state index in [0.29, 0.717) is 17.1 Å². The second kappa shape index (κ2) is 8.42. The highest BCUT2D eigenvalue weighted by atomic mass is 16.5. The molecule has 4 N–H and O–H groups in total. The summed E-state index contributed by atoms with van der Waals surface area (Å²) in [6.07, 6.45) is -0.143. The molecule has 0 radical (unpaired) electrons. The lowest BCUT2D eigenvalue weighted by molar-refractivity contribution is -0.135. The number of fused-ring (bicyclic) bond motifs is 3. The minimum absolute atomic E-state index is 0.0283. The zero-order valence-corrected chi connectivity index (χ0v) is 19.1. The van der Waals surface area contributed by atoms with Crippen molar-refractivity contribution in [3.05, 3.63) is 63.8 Å². The van der Waals surface area contributed by atoms with Crippen LogP contribution in [-0.2, 0) is 4.79 Å². The Morgan fingerprint density at radius 2 is 1.67 bits per heavy atom. The number of phenolic OH excluding ortho intramolecular Hbond substituents is 3. The Morgan fingerprint density at radius 3 is 2.36 bits per heavy atom. The van der Waals surface area contributed by atoms with Crippen molar-refractivity contribution < 1.29 is 43.8 Å². The predicted molar refractivity (Wildman–Crippen MR) is 126 cm³/mol. The average Bonchev–Trinajstić information content (AvgIpc) is 2.86. The Kier molecular flexibility index (Phi) is 5.36. The molecule has 4 aromatic rings. The second-order valence-corrected chi connectivity index (χ2v) is 8.16. The highest BCUT2D eigenvalue weighted by Crippen LogP contribution is 2.49. The SMILES string of the molecule is COc1ccc(OC)c(C2CC(=O)Oc3cc(O)c4c(=O)c(O)c(-c5ccc(O)c(O)c5)oc4c32)c1. The van der Waals surface area contributed by atoms with Crippen molar-refractivity contribution in [2.75, 3.05) is 14.2 Å². The third kappa shape index (κ3) is 3.50. The number of phenols is 3. The number of methoxy groups -OCH3 is 2. The third-order valence-electron chi connectivity index (χ3n) is 6.12. The lowest BCUT2D eigenvalue weighted by atomic mass is 9.84. The molecule has 184 valence electrons. The van der Waals surface area contributed by atoms with E-state index in [-0.39, 0.29) is 40.0 Å². The summed E-state index contributed by atoms with van der Waals surface area (Å²) in [4.78, 5) is 25.7. The summed E-state index contributed by atoms with van der Waals surface area (Å²) in [7, 11) is 2.96. The molecular formula is C26H20O10. The molecule has 0 bridgehead atoms. The van der Waals surface area contributed by atoms with Crippen LogP contribution >= 0.6 is 0 Å². The first-order valence-electron chi connectivity index (χ1n) is 10.7. The zero-order chi connectivity index (χ0) is 25.7. The summed E-state index contributed by atoms with van der Waals surface area (Å²) in [5, 5.41) is 40.5. The van der Waals surface area contributed by atoms with Gasteiger partial charge in [0.15, 0.2) is 17.3 Å². The lowest BCUT2D eigenvalue weighted by Gasteiger charge is -2.27. The van der Waals surface area contributed by atoms with Gasteiger partial charge in [-0.2, -0.15) is 0 Å². The van der Waals surface area contributed by atoms with Crippen molar-refractivity contribution in [1.29, 1.82) is 0 Å². The highest BCUT2D eigenvalue weighted by molar-refractivity contribution is 5.94. The van der Waals surface area contributed by atoms with E-state index >= 15 is 0 Å². The highest BCUT2D eigenvalue weighted by Gasteiger charge is 2.36. The minimum Gasteiger partial charge on any atom is -0.507 e. The largest absolute Gasteiger partial charge is 0.507 e. The van der Waals surface area contributed by atoms with Crippen LogP contribution in [0.1, 0.15) is 23.5 Å². The summed E-state index contributed by atoms with van der Waals surface area (Å²) < 4.78 is 22.2. The van der Waals surface area contributed by atoms with E-state index in [9.17, 15) is 30.0 Å². The van der Waals surface area contributed by atoms with Crippen LogP contribution in [0.15, 0.2) is 51.7 Å². The molecule has 5 rings (SSSR count). The van der Waals surface area contributed by atoms with Gasteiger partial charge in [-0.1, -0.05) is 0 Å². The van der Waals surface area contributed by atoms with Gasteiger partial charge in [0, 0.05) is 28.7 Å². The standard InChI is InChI=1S/C26H20O10/c1-33-12-4-6-18(34-2)13(8-12)14-9-20(30)35-19-10-17(29)22-23(31)24(32)25(36-26(22)21(14)19)11-3-5-15(27)16(28)7-11/h3-8,10,14,27-29,32H,9H2,1-2H3. The Morgan fingerprint density at radius 1 is 0.889 bits per heavy atom. The van der Waals surface area contributed by atoms with Gasteiger partial charge in [-0.15, -0.1) is 0 Å². The summed E-state index contributed by atoms with van der Waals surface area (Å²) in [6, 6.07) is 9.76. The Labute approximate surface area is 203 Å². The van der Waals surface area contributed by atoms with E-state index < -0.39 is 40.3 Å². The fraction of sp³-hybridized carbons (Fsp3) is 0.154. The molecule has 1 atom stereocenters. The molecule has 10 heteroatoms. The quantitative estimate of drug-likeness (QED) is 0.188. The molecular weight excluding hydrogens is 472 g/mol. The summed E-state index contributed by atoms with van der Waals surface area (Å²) >= 11 is 0. The van der Waals surface area contributed by atoms with Crippen molar-refractivity contribution in [3.63, 3.8) is 0 Å². The van der Waals surface area contributed by atoms with Crippen molar-refractivity contribution in [3.8, 4) is 51.6 Å². The maximum Gasteiger partial charge on any atom is 0.312 e. The van der Waals surface area contributed by atoms with E-state index in [1.807, 2.05) is 0 Å². The molecule has 0 amide bonds. The monoisotopic (exact) mass is 492 g/mol. The molecule has 36 heavy (non-hydrogen) atoms. The first kappa shape index (κ1) is 22.9. The van der Waals surface area contributed by atoms with Gasteiger partial charge in [-0.05, 0) is 36.4 Å². The molecule has 0 saturated carbocycles. The molecule has 0 spiro atoms. The molecule has 0 fully saturated rings. The van der Waals surface area contributed by atoms with Crippen LogP contribution in [0.4, 0.5) is 0 Å². The maximum absolute atomic E-state index is 13.2. The fourth-order valence-corrected chi connectivity index (χ4v) is 4.42. The molecule has 1 aromatic heterocycles. The first-order chi connectivity index (χ1) is 17.2. The van der Waals surface area contributed by atoms with E-state index in [2.05, 4.69) is 0 Å². The molecule has 1 aliphatic rings. The molecule has 1 aliphatic heterocycles. The Hall–Kier alpha value is -4.86. The average molecular weight is 492 g/mol. The van der Waals surface area contributed by atoms with Gasteiger partial charge < -0.3 is 39.1 Å². The van der Waals surface area contributed by atoms with Gasteiger partial charge in [0.1, 0.15) is 34.0 Å². The molecule has 2 heterocycles. The van der Waals surface area contributed by atoms with Crippen LogP contribution in [0.5, 0.6) is 40.2 Å². The van der Waals surface area contributed by atoms with Crippen LogP contribution in [-0.4, -0.2) is 40.6 Å². The third-order valence-corrected chi connectivity index (χ3v) is 6.12. The van der Waals surface area contributed by atoms with Crippen LogP contribution < -0.4 is 19.6 Å². The number of carbonyl (C=O) groups is 1. The molecule has 0 aliphatic carbocycles. The van der Waals surface area contributed by atoms with Crippen LogP contribution in [0, 0.1) is 0 Å². The van der Waals surface area contributed by atoms with Crippen molar-refractivity contribution in [2.24, 2.45) is 0 Å². The summed E-state index contributed by atoms with van der Waals surface area (Å²) in [5.74, 6) is -3.01. The molecule has 3 aromatic carbocycles. The van der Waals surface area contributed by atoms with Crippen LogP contribution in [0.3, 0.4) is 0 Å². The van der Waals surface area contributed by atoms with Gasteiger partial charge in [-0.3, -0.25) is 9.59 Å². The summed E-state index contributed by atoms with van der Waals surface area (Å²) in [5.41, 5.74) is -0.163. The first-order valence-corrected chi connectivity index (χ1v) is 10.7. The maximum atomic E-state index is 13.2. The van der Waals surface area contributed by atoms with Gasteiger partial charge in [0.05, 0.1) is 20.6 Å². The van der Waals surface area contributed by atoms with Gasteiger partial charge >= 0.3 is 5.97 Å². The van der Waals surface area contributed by atoms with Gasteiger partial charge in [0.2, 0.25) is 11.2 Å². The fourth-order valence-electron chi connectivity index (χ4n) is 4.42. The number of aromatic hydroxyl groups is 4. The molecule has 10 nitrogen and oxygen atoms in total. The van der Waals surface area contributed by atoms with Gasteiger partial charge in [-0.25, -0.2) is 0 Å². The lowest BCUT2D eigenvalue weighted by Crippen LogP contribution is -2.22. The van der Waals surface area contributed by atoms with E-state index in [1.165, 1.54) is 20.3 Å². The topological polar surface area (TPSA) is 156 Å². The normalized spacial score (nSPS) is 14.8. The number of benzene rings is 3. The Balaban J connectivity index is 1.87. The number of rotatable bonds is 4. The van der Waals surface area contributed by atoms with Crippen LogP contribution in [0.25, 0.3) is 22.3 Å². The number of hydrogen-bond acceptors (Lipinski definition) is 10. The number of carbonyl (C=O) groups excluding carboxylic acids is 1. The minimum atomic E-state index is -0.938. The number of esters is 1. The van der Waals surface area contributed by atoms with E-state index in [4.69, 9.17) is 18.6 Å². The van der Waals surface area contributed by atoms with Crippen molar-refractivity contribution >= 4 is 16.9 Å². The molecule has 1 unspecified atom stereocenters. The van der Waals surface area contributed by atoms with E-state index in [0.717, 1.165) is 18.2 Å². The van der Waals surface area contributed by atoms with Crippen molar-refractivity contribution in [2.45, 2.75) is 12.3 Å². The Bertz CT molecular complexity index is 1600. The second-order valence-electron chi connectivity index (χ2n) is 8.16. The number of hydrogen-bond donors (Lipinski definition) is 4. The predicted octanol–water partition coefficient (Wildman–Crippen LogP) is 3.74. The van der Waals surface area contributed by atoms with E-state index in [1.54, 1.807) is 18.2 Å². The van der Waals surface area contributed by atoms with Crippen molar-refractivity contribution in [1.82, 2.24) is 0 Å². The molecule has 0 saturated heterocycles. The zero-order valence-electron chi connectivity index (χ0n) is 19.1. The smallest absolute Gasteiger partial charge is 0.312 e. The van der Waals surface area contributed by atoms with Crippen LogP contribution in [0.2, 0.25) is 0 Å². The van der Waals surface area contributed by atoms with Gasteiger partial charge in [0.25, 0.3) is 0 Å². The summed E-state index contributed by atoms with van der Waals surface area (Å²) in [6.45, 7) is 0.